The van der Waals surface area contributed by atoms with Gasteiger partial charge in [-0.25, -0.2) is 19.6 Å². The molecule has 19 heteroatoms. The summed E-state index contributed by atoms with van der Waals surface area (Å²) in [5, 5.41) is 6.59. The monoisotopic (exact) mass is 918 g/mol. The Balaban J connectivity index is 1.45. The Bertz CT molecular complexity index is 2370. The number of furan rings is 1. The number of hydroxylamine groups is 2. The number of aryl methyl sites for hydroxylation is 1. The van der Waals surface area contributed by atoms with Crippen molar-refractivity contribution in [2.24, 2.45) is 10.9 Å². The predicted molar refractivity (Wildman–Crippen MR) is 237 cm³/mol. The van der Waals surface area contributed by atoms with E-state index in [2.05, 4.69) is 15.6 Å². The minimum Gasteiger partial charge on any atom is -0.497 e. The van der Waals surface area contributed by atoms with E-state index in [0.717, 1.165) is 24.8 Å². The summed E-state index contributed by atoms with van der Waals surface area (Å²) < 4.78 is 37.0. The van der Waals surface area contributed by atoms with Gasteiger partial charge in [0.2, 0.25) is 12.3 Å². The molecular weight excluding hydrogens is 861 g/mol. The van der Waals surface area contributed by atoms with Crippen molar-refractivity contribution in [1.29, 1.82) is 0 Å². The summed E-state index contributed by atoms with van der Waals surface area (Å²) in [6.07, 6.45) is 3.32. The molecule has 19 nitrogen and oxygen atoms in total. The van der Waals surface area contributed by atoms with Gasteiger partial charge < -0.3 is 42.8 Å². The Morgan fingerprint density at radius 1 is 0.909 bits per heavy atom. The molecule has 2 atom stereocenters. The first-order chi connectivity index (χ1) is 31.5. The number of nitrogens with one attached hydrogen (secondary N) is 2. The lowest BCUT2D eigenvalue weighted by atomic mass is 9.90. The molecule has 356 valence electrons. The molecule has 4 aromatic rings. The number of aliphatic imine (C=N–C) groups is 1. The van der Waals surface area contributed by atoms with Gasteiger partial charge >= 0.3 is 17.8 Å². The predicted octanol–water partition coefficient (Wildman–Crippen LogP) is 6.63. The number of benzene rings is 2. The van der Waals surface area contributed by atoms with Gasteiger partial charge in [-0.05, 0) is 89.4 Å². The molecule has 0 bridgehead atoms. The number of rotatable bonds is 25. The standard InChI is InChI=1S/C47H58N4O15/c1-9-12-13-14-33(36(10-2)51(28-52)62-25-30-15-18-32(59-8)19-16-30)42(54)48-27-49-44(56)38-22-21-37(64-38)31-17-20-34(39(23-31)60-11-3)43(55)50-35(24-41(53)66-47(5,6)7)45(57)61-26-40-29(4)63-46(58)65-40/h15-23,28,33,36H,9-14,24-27H2,1-8H3,(H,48,54)(H,49,56)/t33?,36-/m1/s1. The lowest BCUT2D eigenvalue weighted by Gasteiger charge is -2.32. The van der Waals surface area contributed by atoms with Crippen molar-refractivity contribution in [2.45, 2.75) is 112 Å². The van der Waals surface area contributed by atoms with Crippen molar-refractivity contribution in [3.05, 3.63) is 93.6 Å². The zero-order valence-electron chi connectivity index (χ0n) is 38.5. The zero-order chi connectivity index (χ0) is 48.4. The highest BCUT2D eigenvalue weighted by Crippen LogP contribution is 2.30. The Hall–Kier alpha value is -7.02. The summed E-state index contributed by atoms with van der Waals surface area (Å²) in [6, 6.07) is 14.0. The number of amides is 4. The molecule has 66 heavy (non-hydrogen) atoms. The number of methoxy groups -OCH3 is 1. The Kier molecular flexibility index (Phi) is 19.5. The largest absolute Gasteiger partial charge is 0.519 e. The second-order valence-corrected chi connectivity index (χ2v) is 15.8. The Morgan fingerprint density at radius 2 is 1.65 bits per heavy atom. The van der Waals surface area contributed by atoms with Crippen LogP contribution in [0.25, 0.3) is 11.3 Å². The number of hydrogen-bond donors (Lipinski definition) is 2. The first-order valence-electron chi connectivity index (χ1n) is 21.5. The van der Waals surface area contributed by atoms with E-state index in [1.54, 1.807) is 46.9 Å². The molecule has 0 radical (unpaired) electrons. The Morgan fingerprint density at radius 3 is 2.27 bits per heavy atom. The van der Waals surface area contributed by atoms with Crippen LogP contribution in [0.2, 0.25) is 0 Å². The summed E-state index contributed by atoms with van der Waals surface area (Å²) in [6.45, 7) is 11.3. The molecule has 0 fully saturated rings. The number of carbonyl (C=O) groups is 6. The van der Waals surface area contributed by atoms with Crippen molar-refractivity contribution in [2.75, 3.05) is 20.4 Å². The lowest BCUT2D eigenvalue weighted by molar-refractivity contribution is -0.200. The molecular formula is C47H58N4O15. The van der Waals surface area contributed by atoms with Crippen molar-refractivity contribution < 1.29 is 65.8 Å². The van der Waals surface area contributed by atoms with E-state index < -0.39 is 65.9 Å². The molecule has 2 aromatic carbocycles. The fourth-order valence-corrected chi connectivity index (χ4v) is 6.58. The summed E-state index contributed by atoms with van der Waals surface area (Å²) in [5.74, 6) is -4.72. The third-order valence-electron chi connectivity index (χ3n) is 9.82. The first kappa shape index (κ1) is 51.6. The second-order valence-electron chi connectivity index (χ2n) is 15.8. The molecule has 0 aliphatic rings. The van der Waals surface area contributed by atoms with Gasteiger partial charge in [0, 0.05) is 5.56 Å². The molecule has 4 amide bonds. The molecule has 4 rings (SSSR count). The first-order valence-corrected chi connectivity index (χ1v) is 21.5. The molecule has 1 unspecified atom stereocenters. The molecule has 0 spiro atoms. The van der Waals surface area contributed by atoms with Gasteiger partial charge in [-0.2, -0.15) is 0 Å². The van der Waals surface area contributed by atoms with Crippen molar-refractivity contribution in [3.63, 3.8) is 0 Å². The minimum absolute atomic E-state index is 0.0489. The molecule has 0 aliphatic carbocycles. The van der Waals surface area contributed by atoms with Crippen LogP contribution < -0.4 is 25.9 Å². The van der Waals surface area contributed by atoms with Gasteiger partial charge in [-0.1, -0.05) is 51.3 Å². The SMILES string of the molecule is CCCCCC(C(=O)NCNC(=O)c1ccc(-c2ccc(C(=O)N=C(CC(=O)OC(C)(C)C)C(=O)OCc3oc(=O)oc3C)c(OCC)c2)o1)[C@@H](CC)N(C=O)OCc1ccc(OC)cc1. The van der Waals surface area contributed by atoms with Crippen LogP contribution in [0.15, 0.2) is 77.6 Å². The van der Waals surface area contributed by atoms with Crippen LogP contribution in [0, 0.1) is 12.8 Å². The normalized spacial score (nSPS) is 12.4. The average molecular weight is 919 g/mol. The van der Waals surface area contributed by atoms with Crippen LogP contribution in [-0.2, 0) is 46.7 Å². The van der Waals surface area contributed by atoms with E-state index >= 15 is 0 Å². The maximum Gasteiger partial charge on any atom is 0.519 e. The molecule has 0 saturated heterocycles. The number of nitrogens with zero attached hydrogens (tertiary/aromatic N) is 2. The number of ether oxygens (including phenoxy) is 4. The molecule has 2 N–H and O–H groups in total. The second kappa shape index (κ2) is 24.9. The van der Waals surface area contributed by atoms with E-state index in [1.807, 2.05) is 26.0 Å². The van der Waals surface area contributed by atoms with Crippen LogP contribution in [0.5, 0.6) is 11.5 Å². The third-order valence-corrected chi connectivity index (χ3v) is 9.82. The van der Waals surface area contributed by atoms with E-state index in [1.165, 1.54) is 42.3 Å². The maximum atomic E-state index is 13.7. The van der Waals surface area contributed by atoms with Crippen LogP contribution in [0.3, 0.4) is 0 Å². The molecule has 2 aromatic heterocycles. The summed E-state index contributed by atoms with van der Waals surface area (Å²) in [7, 11) is 1.57. The number of unbranched alkanes of at least 4 members (excludes halogenated alkanes) is 2. The van der Waals surface area contributed by atoms with Gasteiger partial charge in [0.1, 0.15) is 35.2 Å². The van der Waals surface area contributed by atoms with Crippen LogP contribution in [0.1, 0.15) is 118 Å². The smallest absolute Gasteiger partial charge is 0.497 e. The minimum atomic E-state index is -1.15. The lowest BCUT2D eigenvalue weighted by Crippen LogP contribution is -2.48. The highest BCUT2D eigenvalue weighted by molar-refractivity contribution is 6.41. The third kappa shape index (κ3) is 15.3. The zero-order valence-corrected chi connectivity index (χ0v) is 38.5. The van der Waals surface area contributed by atoms with E-state index in [9.17, 15) is 33.6 Å². The maximum absolute atomic E-state index is 13.7. The number of carbonyl (C=O) groups excluding carboxylic acids is 6. The van der Waals surface area contributed by atoms with E-state index in [0.29, 0.717) is 30.6 Å². The summed E-state index contributed by atoms with van der Waals surface area (Å²) in [4.78, 5) is 99.9. The molecule has 2 heterocycles. The van der Waals surface area contributed by atoms with Gasteiger partial charge in [0.25, 0.3) is 11.8 Å². The van der Waals surface area contributed by atoms with E-state index in [-0.39, 0.29) is 60.1 Å². The number of hydrogen-bond acceptors (Lipinski definition) is 15. The van der Waals surface area contributed by atoms with Crippen LogP contribution in [0.4, 0.5) is 0 Å². The molecule has 0 saturated carbocycles. The van der Waals surface area contributed by atoms with Crippen LogP contribution >= 0.6 is 0 Å². The fourth-order valence-electron chi connectivity index (χ4n) is 6.58. The van der Waals surface area contributed by atoms with Gasteiger partial charge in [-0.15, -0.1) is 0 Å². The van der Waals surface area contributed by atoms with Gasteiger partial charge in [0.15, 0.2) is 23.9 Å². The fraction of sp³-hybridized carbons (Fsp3) is 0.447. The highest BCUT2D eigenvalue weighted by Gasteiger charge is 2.32. The van der Waals surface area contributed by atoms with E-state index in [4.69, 9.17) is 37.0 Å². The molecule has 0 aliphatic heterocycles. The average Bonchev–Trinajstić information content (AvgIpc) is 3.91. The van der Waals surface area contributed by atoms with Crippen LogP contribution in [-0.4, -0.2) is 78.9 Å². The van der Waals surface area contributed by atoms with Gasteiger partial charge in [-0.3, -0.25) is 28.8 Å². The highest BCUT2D eigenvalue weighted by atomic mass is 16.7. The van der Waals surface area contributed by atoms with Crippen molar-refractivity contribution >= 4 is 41.8 Å². The number of esters is 2. The Labute approximate surface area is 382 Å². The van der Waals surface area contributed by atoms with Gasteiger partial charge in [0.05, 0.1) is 44.3 Å². The quantitative estimate of drug-likeness (QED) is 0.0177. The van der Waals surface area contributed by atoms with Crippen molar-refractivity contribution in [1.82, 2.24) is 15.7 Å². The topological polar surface area (TPSA) is 245 Å². The summed E-state index contributed by atoms with van der Waals surface area (Å²) >= 11 is 0. The summed E-state index contributed by atoms with van der Waals surface area (Å²) in [5.41, 5.74) is -0.365. The van der Waals surface area contributed by atoms with Crippen molar-refractivity contribution in [3.8, 4) is 22.8 Å².